The Hall–Kier alpha value is -3.08. The summed E-state index contributed by atoms with van der Waals surface area (Å²) in [5.74, 6) is 0.340. The Morgan fingerprint density at radius 2 is 1.83 bits per heavy atom. The van der Waals surface area contributed by atoms with Gasteiger partial charge in [0.25, 0.3) is 5.91 Å². The van der Waals surface area contributed by atoms with E-state index in [9.17, 15) is 9.59 Å². The number of ether oxygens (including phenoxy) is 1. The van der Waals surface area contributed by atoms with E-state index in [4.69, 9.17) is 4.74 Å². The summed E-state index contributed by atoms with van der Waals surface area (Å²) in [7, 11) is 0. The molecule has 0 saturated carbocycles. The predicted octanol–water partition coefficient (Wildman–Crippen LogP) is 3.77. The lowest BCUT2D eigenvalue weighted by Gasteiger charge is -2.10. The normalized spacial score (nSPS) is 9.92. The van der Waals surface area contributed by atoms with Gasteiger partial charge in [0.05, 0.1) is 0 Å². The third-order valence-electron chi connectivity index (χ3n) is 3.28. The molecule has 0 aromatic heterocycles. The van der Waals surface area contributed by atoms with Gasteiger partial charge in [-0.15, -0.1) is 0 Å². The number of benzene rings is 2. The summed E-state index contributed by atoms with van der Waals surface area (Å²) >= 11 is 0. The number of rotatable bonds is 6. The SMILES string of the molecule is C=CCOc1ccc(C(=O)Nc2ccc(NC(C)=O)c(C)c2)cc1. The fraction of sp³-hybridized carbons (Fsp3) is 0.158. The maximum atomic E-state index is 12.3. The van der Waals surface area contributed by atoms with Crippen molar-refractivity contribution in [3.63, 3.8) is 0 Å². The van der Waals surface area contributed by atoms with Crippen molar-refractivity contribution < 1.29 is 14.3 Å². The van der Waals surface area contributed by atoms with Gasteiger partial charge in [0, 0.05) is 23.9 Å². The standard InChI is InChI=1S/C19H20N2O3/c1-4-11-24-17-8-5-15(6-9-17)19(23)21-16-7-10-18(13(2)12-16)20-14(3)22/h4-10,12H,1,11H2,2-3H3,(H,20,22)(H,21,23). The molecule has 24 heavy (non-hydrogen) atoms. The summed E-state index contributed by atoms with van der Waals surface area (Å²) in [6, 6.07) is 12.2. The molecule has 2 N–H and O–H groups in total. The summed E-state index contributed by atoms with van der Waals surface area (Å²) in [4.78, 5) is 23.4. The number of hydrogen-bond donors (Lipinski definition) is 2. The van der Waals surface area contributed by atoms with Crippen molar-refractivity contribution in [2.45, 2.75) is 13.8 Å². The number of hydrogen-bond acceptors (Lipinski definition) is 3. The first-order valence-corrected chi connectivity index (χ1v) is 7.53. The van der Waals surface area contributed by atoms with Gasteiger partial charge in [-0.3, -0.25) is 9.59 Å². The van der Waals surface area contributed by atoms with Gasteiger partial charge in [-0.25, -0.2) is 0 Å². The van der Waals surface area contributed by atoms with Crippen LogP contribution in [0, 0.1) is 6.92 Å². The molecule has 2 aromatic rings. The summed E-state index contributed by atoms with van der Waals surface area (Å²) < 4.78 is 5.38. The molecule has 0 unspecified atom stereocenters. The molecule has 0 heterocycles. The maximum absolute atomic E-state index is 12.3. The molecule has 0 radical (unpaired) electrons. The van der Waals surface area contributed by atoms with Crippen LogP contribution in [0.15, 0.2) is 55.1 Å². The van der Waals surface area contributed by atoms with E-state index in [2.05, 4.69) is 17.2 Å². The van der Waals surface area contributed by atoms with Gasteiger partial charge in [0.2, 0.25) is 5.91 Å². The van der Waals surface area contributed by atoms with Crippen LogP contribution in [0.3, 0.4) is 0 Å². The number of amides is 2. The zero-order valence-electron chi connectivity index (χ0n) is 13.8. The second-order valence-electron chi connectivity index (χ2n) is 5.29. The van der Waals surface area contributed by atoms with Crippen LogP contribution < -0.4 is 15.4 Å². The Bertz CT molecular complexity index is 752. The predicted molar refractivity (Wildman–Crippen MR) is 95.6 cm³/mol. The third-order valence-corrected chi connectivity index (χ3v) is 3.28. The topological polar surface area (TPSA) is 67.4 Å². The molecule has 0 spiro atoms. The van der Waals surface area contributed by atoms with Crippen molar-refractivity contribution in [2.75, 3.05) is 17.2 Å². The van der Waals surface area contributed by atoms with Crippen molar-refractivity contribution in [3.8, 4) is 5.75 Å². The lowest BCUT2D eigenvalue weighted by molar-refractivity contribution is -0.114. The largest absolute Gasteiger partial charge is 0.490 e. The number of carbonyl (C=O) groups excluding carboxylic acids is 2. The molecule has 5 nitrogen and oxygen atoms in total. The first-order valence-electron chi connectivity index (χ1n) is 7.53. The van der Waals surface area contributed by atoms with Crippen molar-refractivity contribution in [1.29, 1.82) is 0 Å². The molecule has 0 bridgehead atoms. The van der Waals surface area contributed by atoms with Gasteiger partial charge in [-0.2, -0.15) is 0 Å². The average molecular weight is 324 g/mol. The number of carbonyl (C=O) groups is 2. The van der Waals surface area contributed by atoms with Crippen molar-refractivity contribution >= 4 is 23.2 Å². The zero-order valence-corrected chi connectivity index (χ0v) is 13.8. The molecular formula is C19H20N2O3. The van der Waals surface area contributed by atoms with Crippen LogP contribution in [0.5, 0.6) is 5.75 Å². The summed E-state index contributed by atoms with van der Waals surface area (Å²) in [6.07, 6.45) is 1.66. The van der Waals surface area contributed by atoms with Crippen molar-refractivity contribution in [2.24, 2.45) is 0 Å². The molecule has 0 fully saturated rings. The van der Waals surface area contributed by atoms with Crippen LogP contribution in [0.1, 0.15) is 22.8 Å². The second-order valence-corrected chi connectivity index (χ2v) is 5.29. The second kappa shape index (κ2) is 7.97. The van der Waals surface area contributed by atoms with Crippen molar-refractivity contribution in [3.05, 3.63) is 66.2 Å². The quantitative estimate of drug-likeness (QED) is 0.795. The molecular weight excluding hydrogens is 304 g/mol. The Morgan fingerprint density at radius 3 is 2.42 bits per heavy atom. The zero-order chi connectivity index (χ0) is 17.5. The molecule has 0 saturated heterocycles. The highest BCUT2D eigenvalue weighted by Gasteiger charge is 2.08. The Labute approximate surface area is 141 Å². The van der Waals surface area contributed by atoms with Gasteiger partial charge in [-0.05, 0) is 55.0 Å². The van der Waals surface area contributed by atoms with Gasteiger partial charge >= 0.3 is 0 Å². The molecule has 124 valence electrons. The molecule has 0 aliphatic carbocycles. The number of nitrogens with one attached hydrogen (secondary N) is 2. The third kappa shape index (κ3) is 4.71. The minimum Gasteiger partial charge on any atom is -0.490 e. The lowest BCUT2D eigenvalue weighted by atomic mass is 10.1. The van der Waals surface area contributed by atoms with E-state index >= 15 is 0 Å². The van der Waals surface area contributed by atoms with E-state index in [-0.39, 0.29) is 11.8 Å². The van der Waals surface area contributed by atoms with Gasteiger partial charge in [0.1, 0.15) is 12.4 Å². The molecule has 0 aliphatic rings. The van der Waals surface area contributed by atoms with E-state index in [1.165, 1.54) is 6.92 Å². The van der Waals surface area contributed by atoms with Gasteiger partial charge < -0.3 is 15.4 Å². The van der Waals surface area contributed by atoms with Crippen LogP contribution >= 0.6 is 0 Å². The molecule has 2 aromatic carbocycles. The van der Waals surface area contributed by atoms with Crippen molar-refractivity contribution in [1.82, 2.24) is 0 Å². The summed E-state index contributed by atoms with van der Waals surface area (Å²) in [5, 5.41) is 5.57. The molecule has 0 aliphatic heterocycles. The van der Waals surface area contributed by atoms with Gasteiger partial charge in [0.15, 0.2) is 0 Å². The van der Waals surface area contributed by atoms with Gasteiger partial charge in [-0.1, -0.05) is 12.7 Å². The average Bonchev–Trinajstić information content (AvgIpc) is 2.55. The van der Waals surface area contributed by atoms with E-state index < -0.39 is 0 Å². The van der Waals surface area contributed by atoms with Crippen LogP contribution in [-0.4, -0.2) is 18.4 Å². The highest BCUT2D eigenvalue weighted by atomic mass is 16.5. The van der Waals surface area contributed by atoms with E-state index in [0.717, 1.165) is 11.3 Å². The minimum absolute atomic E-state index is 0.131. The Morgan fingerprint density at radius 1 is 1.12 bits per heavy atom. The fourth-order valence-corrected chi connectivity index (χ4v) is 2.13. The lowest BCUT2D eigenvalue weighted by Crippen LogP contribution is -2.12. The molecule has 0 atom stereocenters. The molecule has 5 heteroatoms. The first kappa shape index (κ1) is 17.3. The fourth-order valence-electron chi connectivity index (χ4n) is 2.13. The van der Waals surface area contributed by atoms with Crippen LogP contribution in [-0.2, 0) is 4.79 Å². The number of anilines is 2. The minimum atomic E-state index is -0.211. The van der Waals surface area contributed by atoms with E-state index in [0.29, 0.717) is 23.6 Å². The number of aryl methyl sites for hydroxylation is 1. The van der Waals surface area contributed by atoms with Crippen LogP contribution in [0.25, 0.3) is 0 Å². The first-order chi connectivity index (χ1) is 11.5. The Balaban J connectivity index is 2.05. The summed E-state index contributed by atoms with van der Waals surface area (Å²) in [5.41, 5.74) is 2.79. The highest BCUT2D eigenvalue weighted by molar-refractivity contribution is 6.04. The van der Waals surface area contributed by atoms with E-state index in [1.54, 1.807) is 42.5 Å². The summed E-state index contributed by atoms with van der Waals surface area (Å²) in [6.45, 7) is 7.33. The maximum Gasteiger partial charge on any atom is 0.255 e. The monoisotopic (exact) mass is 324 g/mol. The van der Waals surface area contributed by atoms with Crippen LogP contribution in [0.2, 0.25) is 0 Å². The molecule has 2 amide bonds. The highest BCUT2D eigenvalue weighted by Crippen LogP contribution is 2.20. The molecule has 2 rings (SSSR count). The smallest absolute Gasteiger partial charge is 0.255 e. The Kier molecular flexibility index (Phi) is 5.73. The van der Waals surface area contributed by atoms with Crippen LogP contribution in [0.4, 0.5) is 11.4 Å². The van der Waals surface area contributed by atoms with E-state index in [1.807, 2.05) is 13.0 Å².